The first-order valence-electron chi connectivity index (χ1n) is 4.07. The lowest BCUT2D eigenvalue weighted by Crippen LogP contribution is -2.39. The summed E-state index contributed by atoms with van der Waals surface area (Å²) in [6.45, 7) is 2.50. The number of nitrogens with zero attached hydrogens (tertiary/aromatic N) is 1. The summed E-state index contributed by atoms with van der Waals surface area (Å²) in [6.07, 6.45) is 3.40. The number of ether oxygens (including phenoxy) is 1. The fourth-order valence-corrected chi connectivity index (χ4v) is 1.39. The third-order valence-electron chi connectivity index (χ3n) is 2.01. The average Bonchev–Trinajstić information content (AvgIpc) is 1.93. The predicted octanol–water partition coefficient (Wildman–Crippen LogP) is 1.41. The van der Waals surface area contributed by atoms with Gasteiger partial charge in [-0.2, -0.15) is 0 Å². The van der Waals surface area contributed by atoms with E-state index >= 15 is 0 Å². The topological polar surface area (TPSA) is 29.5 Å². The fraction of sp³-hybridized carbons (Fsp3) is 0.875. The fourth-order valence-electron chi connectivity index (χ4n) is 1.39. The third kappa shape index (κ3) is 3.41. The van der Waals surface area contributed by atoms with Gasteiger partial charge >= 0.3 is 5.97 Å². The van der Waals surface area contributed by atoms with Gasteiger partial charge in [0.05, 0.1) is 0 Å². The molecule has 72 valence electrons. The number of carbonyl (C=O) groups is 1. The number of likely N-dealkylation sites (tertiary alicyclic amines) is 1. The van der Waals surface area contributed by atoms with Crippen LogP contribution in [0.25, 0.3) is 0 Å². The van der Waals surface area contributed by atoms with Crippen LogP contribution in [-0.4, -0.2) is 30.7 Å². The lowest BCUT2D eigenvalue weighted by Gasteiger charge is -2.31. The Balaban J connectivity index is 0.00000121. The number of carbonyl (C=O) groups excluding carboxylic acids is 1. The van der Waals surface area contributed by atoms with Crippen molar-refractivity contribution in [2.75, 3.05) is 13.6 Å². The zero-order valence-electron chi connectivity index (χ0n) is 7.58. The van der Waals surface area contributed by atoms with Gasteiger partial charge in [-0.05, 0) is 26.3 Å². The summed E-state index contributed by atoms with van der Waals surface area (Å²) in [5.74, 6) is -0.177. The minimum atomic E-state index is -0.177. The normalized spacial score (nSPS) is 24.3. The second kappa shape index (κ2) is 5.38. The summed E-state index contributed by atoms with van der Waals surface area (Å²) >= 11 is 0. The van der Waals surface area contributed by atoms with E-state index in [1.165, 1.54) is 19.8 Å². The summed E-state index contributed by atoms with van der Waals surface area (Å²) in [7, 11) is 1.99. The van der Waals surface area contributed by atoms with Crippen molar-refractivity contribution in [1.29, 1.82) is 0 Å². The molecule has 0 aromatic heterocycles. The van der Waals surface area contributed by atoms with E-state index in [2.05, 4.69) is 4.90 Å². The maximum Gasteiger partial charge on any atom is 0.304 e. The molecule has 0 aliphatic carbocycles. The van der Waals surface area contributed by atoms with Gasteiger partial charge in [0.1, 0.15) is 0 Å². The van der Waals surface area contributed by atoms with E-state index in [1.54, 1.807) is 0 Å². The monoisotopic (exact) mass is 193 g/mol. The van der Waals surface area contributed by atoms with E-state index in [1.807, 2.05) is 7.05 Å². The standard InChI is InChI=1S/C8H15NO2.ClH/c1-7(10)11-8-5-3-4-6-9(8)2;/h8H,3-6H2,1-2H3;1H. The van der Waals surface area contributed by atoms with Crippen molar-refractivity contribution in [2.24, 2.45) is 0 Å². The van der Waals surface area contributed by atoms with Crippen molar-refractivity contribution >= 4 is 18.4 Å². The van der Waals surface area contributed by atoms with Crippen molar-refractivity contribution in [3.05, 3.63) is 0 Å². The van der Waals surface area contributed by atoms with Crippen LogP contribution in [0.2, 0.25) is 0 Å². The van der Waals surface area contributed by atoms with Crippen molar-refractivity contribution in [1.82, 2.24) is 4.90 Å². The SMILES string of the molecule is CC(=O)OC1CCCCN1C.Cl. The van der Waals surface area contributed by atoms with Gasteiger partial charge < -0.3 is 4.74 Å². The van der Waals surface area contributed by atoms with Crippen LogP contribution < -0.4 is 0 Å². The third-order valence-corrected chi connectivity index (χ3v) is 2.01. The van der Waals surface area contributed by atoms with Crippen LogP contribution in [0.15, 0.2) is 0 Å². The largest absolute Gasteiger partial charge is 0.447 e. The maximum atomic E-state index is 10.6. The second-order valence-corrected chi connectivity index (χ2v) is 3.04. The van der Waals surface area contributed by atoms with Gasteiger partial charge in [0.25, 0.3) is 0 Å². The Labute approximate surface area is 79.5 Å². The highest BCUT2D eigenvalue weighted by atomic mass is 35.5. The molecule has 1 atom stereocenters. The number of hydrogen-bond acceptors (Lipinski definition) is 3. The Morgan fingerprint density at radius 3 is 2.67 bits per heavy atom. The molecule has 1 unspecified atom stereocenters. The van der Waals surface area contributed by atoms with Crippen LogP contribution in [0.4, 0.5) is 0 Å². The minimum absolute atomic E-state index is 0. The van der Waals surface area contributed by atoms with Crippen LogP contribution >= 0.6 is 12.4 Å². The Morgan fingerprint density at radius 1 is 1.50 bits per heavy atom. The van der Waals surface area contributed by atoms with Crippen molar-refractivity contribution < 1.29 is 9.53 Å². The van der Waals surface area contributed by atoms with Gasteiger partial charge in [-0.15, -0.1) is 12.4 Å². The van der Waals surface area contributed by atoms with E-state index in [9.17, 15) is 4.79 Å². The molecule has 1 fully saturated rings. The smallest absolute Gasteiger partial charge is 0.304 e. The molecule has 1 rings (SSSR count). The Bertz CT molecular complexity index is 152. The molecule has 4 heteroatoms. The zero-order valence-corrected chi connectivity index (χ0v) is 8.39. The van der Waals surface area contributed by atoms with Gasteiger partial charge in [-0.3, -0.25) is 9.69 Å². The average molecular weight is 194 g/mol. The second-order valence-electron chi connectivity index (χ2n) is 3.04. The van der Waals surface area contributed by atoms with E-state index in [4.69, 9.17) is 4.74 Å². The van der Waals surface area contributed by atoms with Crippen LogP contribution in [0.3, 0.4) is 0 Å². The van der Waals surface area contributed by atoms with Gasteiger partial charge in [0.2, 0.25) is 0 Å². The summed E-state index contributed by atoms with van der Waals surface area (Å²) in [5, 5.41) is 0. The van der Waals surface area contributed by atoms with Gasteiger partial charge in [0, 0.05) is 13.5 Å². The van der Waals surface area contributed by atoms with Gasteiger partial charge in [-0.1, -0.05) is 0 Å². The number of hydrogen-bond donors (Lipinski definition) is 0. The summed E-state index contributed by atoms with van der Waals surface area (Å²) in [6, 6.07) is 0. The molecule has 1 heterocycles. The quantitative estimate of drug-likeness (QED) is 0.590. The molecule has 3 nitrogen and oxygen atoms in total. The number of halogens is 1. The molecular formula is C8H16ClNO2. The van der Waals surface area contributed by atoms with E-state index in [-0.39, 0.29) is 24.6 Å². The van der Waals surface area contributed by atoms with Crippen molar-refractivity contribution in [2.45, 2.75) is 32.4 Å². The molecule has 0 amide bonds. The molecule has 1 aliphatic heterocycles. The molecular weight excluding hydrogens is 178 g/mol. The predicted molar refractivity (Wildman–Crippen MR) is 49.3 cm³/mol. The number of rotatable bonds is 1. The van der Waals surface area contributed by atoms with E-state index in [0.29, 0.717) is 0 Å². The maximum absolute atomic E-state index is 10.6. The molecule has 1 saturated heterocycles. The zero-order chi connectivity index (χ0) is 8.27. The molecule has 0 radical (unpaired) electrons. The summed E-state index contributed by atoms with van der Waals surface area (Å²) in [5.41, 5.74) is 0. The molecule has 0 saturated carbocycles. The molecule has 0 aromatic carbocycles. The van der Waals surface area contributed by atoms with E-state index in [0.717, 1.165) is 13.0 Å². The lowest BCUT2D eigenvalue weighted by molar-refractivity contribution is -0.158. The first-order valence-corrected chi connectivity index (χ1v) is 4.07. The Hall–Kier alpha value is -0.280. The van der Waals surface area contributed by atoms with Gasteiger partial charge in [-0.25, -0.2) is 0 Å². The first-order chi connectivity index (χ1) is 5.20. The highest BCUT2D eigenvalue weighted by Gasteiger charge is 2.20. The molecule has 12 heavy (non-hydrogen) atoms. The van der Waals surface area contributed by atoms with Crippen LogP contribution in [0.1, 0.15) is 26.2 Å². The van der Waals surface area contributed by atoms with Crippen molar-refractivity contribution in [3.8, 4) is 0 Å². The van der Waals surface area contributed by atoms with Gasteiger partial charge in [0.15, 0.2) is 6.23 Å². The van der Waals surface area contributed by atoms with E-state index < -0.39 is 0 Å². The molecule has 1 aliphatic rings. The molecule has 0 N–H and O–H groups in total. The highest BCUT2D eigenvalue weighted by molar-refractivity contribution is 5.85. The molecule has 0 aromatic rings. The van der Waals surface area contributed by atoms with Crippen LogP contribution in [0.5, 0.6) is 0 Å². The minimum Gasteiger partial charge on any atom is -0.447 e. The first kappa shape index (κ1) is 11.7. The number of esters is 1. The highest BCUT2D eigenvalue weighted by Crippen LogP contribution is 2.15. The molecule has 0 spiro atoms. The summed E-state index contributed by atoms with van der Waals surface area (Å²) < 4.78 is 5.09. The molecule has 0 bridgehead atoms. The number of piperidine rings is 1. The summed E-state index contributed by atoms with van der Waals surface area (Å²) in [4.78, 5) is 12.7. The van der Waals surface area contributed by atoms with Crippen molar-refractivity contribution in [3.63, 3.8) is 0 Å². The van der Waals surface area contributed by atoms with Crippen LogP contribution in [-0.2, 0) is 9.53 Å². The Morgan fingerprint density at radius 2 is 2.17 bits per heavy atom. The lowest BCUT2D eigenvalue weighted by atomic mass is 10.1. The van der Waals surface area contributed by atoms with Crippen LogP contribution in [0, 0.1) is 0 Å². The Kier molecular flexibility index (Phi) is 5.25.